The van der Waals surface area contributed by atoms with Crippen molar-refractivity contribution in [2.24, 2.45) is 0 Å². The molecule has 0 saturated carbocycles. The Hall–Kier alpha value is -1.33. The Balaban J connectivity index is 2.53. The fraction of sp³-hybridized carbons (Fsp3) is 0.250. The Morgan fingerprint density at radius 3 is 2.29 bits per heavy atom. The summed E-state index contributed by atoms with van der Waals surface area (Å²) >= 11 is 0. The summed E-state index contributed by atoms with van der Waals surface area (Å²) in [5.41, 5.74) is -0.448. The van der Waals surface area contributed by atoms with Gasteiger partial charge in [0, 0.05) is 0 Å². The van der Waals surface area contributed by atoms with E-state index in [1.807, 2.05) is 0 Å². The number of fused-ring (bicyclic) bond motifs is 1. The minimum Gasteiger partial charge on any atom is -0.454 e. The molecule has 1 aliphatic rings. The molecule has 1 aliphatic heterocycles. The molecule has 0 unspecified atom stereocenters. The summed E-state index contributed by atoms with van der Waals surface area (Å²) in [4.78, 5) is 0. The number of rotatable bonds is 1. The lowest BCUT2D eigenvalue weighted by Crippen LogP contribution is -2.35. The first-order chi connectivity index (χ1) is 6.48. The van der Waals surface area contributed by atoms with Gasteiger partial charge in [0.1, 0.15) is 0 Å². The first kappa shape index (κ1) is 9.24. The fourth-order valence-electron chi connectivity index (χ4n) is 1.41. The van der Waals surface area contributed by atoms with Gasteiger partial charge in [-0.05, 0) is 19.1 Å². The van der Waals surface area contributed by atoms with Gasteiger partial charge in [-0.15, -0.1) is 5.46 Å². The van der Waals surface area contributed by atoms with E-state index in [-0.39, 0.29) is 18.1 Å². The lowest BCUT2D eigenvalue weighted by atomic mass is 9.77. The molecule has 1 aromatic rings. The van der Waals surface area contributed by atoms with E-state index in [1.165, 1.54) is 13.0 Å². The number of hydrogen-bond acceptors (Lipinski definition) is 2. The van der Waals surface area contributed by atoms with Crippen molar-refractivity contribution < 1.29 is 22.4 Å². The van der Waals surface area contributed by atoms with Crippen LogP contribution >= 0.6 is 0 Å². The number of benzene rings is 1. The van der Waals surface area contributed by atoms with Crippen LogP contribution in [0.2, 0.25) is 0 Å². The molecule has 1 aromatic carbocycles. The maximum absolute atomic E-state index is 12.5. The van der Waals surface area contributed by atoms with Gasteiger partial charge in [-0.2, -0.15) is 0 Å². The van der Waals surface area contributed by atoms with Gasteiger partial charge in [0.2, 0.25) is 6.79 Å². The molecule has 0 saturated heterocycles. The second-order valence-corrected chi connectivity index (χ2v) is 3.14. The van der Waals surface area contributed by atoms with E-state index in [4.69, 9.17) is 9.47 Å². The molecular formula is C8H7BF3O2-. The molecule has 6 heteroatoms. The summed E-state index contributed by atoms with van der Waals surface area (Å²) in [6.45, 7) is -3.58. The minimum atomic E-state index is -4.98. The zero-order valence-electron chi connectivity index (χ0n) is 7.39. The van der Waals surface area contributed by atoms with Crippen molar-refractivity contribution in [3.05, 3.63) is 17.7 Å². The molecule has 0 radical (unpaired) electrons. The zero-order chi connectivity index (χ0) is 10.3. The average molecular weight is 203 g/mol. The van der Waals surface area contributed by atoms with Crippen LogP contribution in [-0.4, -0.2) is 13.8 Å². The van der Waals surface area contributed by atoms with Crippen molar-refractivity contribution >= 4 is 12.4 Å². The molecule has 0 spiro atoms. The second-order valence-electron chi connectivity index (χ2n) is 3.14. The normalized spacial score (nSPS) is 14.6. The molecule has 14 heavy (non-hydrogen) atoms. The molecule has 76 valence electrons. The summed E-state index contributed by atoms with van der Waals surface area (Å²) in [7, 11) is 0. The smallest absolute Gasteiger partial charge is 0.454 e. The fourth-order valence-corrected chi connectivity index (χ4v) is 1.41. The van der Waals surface area contributed by atoms with Crippen molar-refractivity contribution in [1.29, 1.82) is 0 Å². The lowest BCUT2D eigenvalue weighted by molar-refractivity contribution is 0.174. The molecule has 0 aromatic heterocycles. The largest absolute Gasteiger partial charge is 0.510 e. The molecule has 0 bridgehead atoms. The highest BCUT2D eigenvalue weighted by Crippen LogP contribution is 2.32. The van der Waals surface area contributed by atoms with Crippen molar-refractivity contribution in [3.63, 3.8) is 0 Å². The van der Waals surface area contributed by atoms with Crippen molar-refractivity contribution in [3.8, 4) is 11.5 Å². The molecule has 0 fully saturated rings. The van der Waals surface area contributed by atoms with Gasteiger partial charge in [-0.25, -0.2) is 0 Å². The maximum atomic E-state index is 12.5. The zero-order valence-corrected chi connectivity index (χ0v) is 7.39. The summed E-state index contributed by atoms with van der Waals surface area (Å²) < 4.78 is 47.3. The third-order valence-corrected chi connectivity index (χ3v) is 2.11. The topological polar surface area (TPSA) is 18.5 Å². The van der Waals surface area contributed by atoms with E-state index >= 15 is 0 Å². The molecular weight excluding hydrogens is 196 g/mol. The monoisotopic (exact) mass is 203 g/mol. The third-order valence-electron chi connectivity index (χ3n) is 2.11. The Labute approximate surface area is 78.7 Å². The van der Waals surface area contributed by atoms with E-state index in [2.05, 4.69) is 0 Å². The summed E-state index contributed by atoms with van der Waals surface area (Å²) in [6, 6.07) is 2.35. The van der Waals surface area contributed by atoms with E-state index in [0.29, 0.717) is 5.75 Å². The van der Waals surface area contributed by atoms with Crippen LogP contribution < -0.4 is 14.9 Å². The van der Waals surface area contributed by atoms with Crippen LogP contribution in [0.25, 0.3) is 0 Å². The van der Waals surface area contributed by atoms with Gasteiger partial charge in [-0.1, -0.05) is 5.56 Å². The Kier molecular flexibility index (Phi) is 1.87. The van der Waals surface area contributed by atoms with E-state index < -0.39 is 12.4 Å². The lowest BCUT2D eigenvalue weighted by Gasteiger charge is -2.18. The molecule has 0 N–H and O–H groups in total. The number of ether oxygens (including phenoxy) is 2. The average Bonchev–Trinajstić information content (AvgIpc) is 2.47. The van der Waals surface area contributed by atoms with Crippen LogP contribution in [0.5, 0.6) is 11.5 Å². The Morgan fingerprint density at radius 1 is 1.14 bits per heavy atom. The van der Waals surface area contributed by atoms with E-state index in [9.17, 15) is 12.9 Å². The molecule has 2 rings (SSSR count). The van der Waals surface area contributed by atoms with Gasteiger partial charge in [0.15, 0.2) is 11.5 Å². The number of halogens is 3. The van der Waals surface area contributed by atoms with E-state index in [1.54, 1.807) is 0 Å². The van der Waals surface area contributed by atoms with Gasteiger partial charge in [-0.3, -0.25) is 0 Å². The molecule has 2 nitrogen and oxygen atoms in total. The van der Waals surface area contributed by atoms with Crippen molar-refractivity contribution in [1.82, 2.24) is 0 Å². The molecule has 1 heterocycles. The van der Waals surface area contributed by atoms with Crippen LogP contribution in [-0.2, 0) is 0 Å². The highest BCUT2D eigenvalue weighted by Gasteiger charge is 2.29. The maximum Gasteiger partial charge on any atom is 0.510 e. The summed E-state index contributed by atoms with van der Waals surface area (Å²) in [6.07, 6.45) is 0. The van der Waals surface area contributed by atoms with Crippen LogP contribution in [0.4, 0.5) is 12.9 Å². The number of aryl methyl sites for hydroxylation is 1. The summed E-state index contributed by atoms with van der Waals surface area (Å²) in [5, 5.41) is 0. The standard InChI is InChI=1S/C8H7BF3O2/c1-5-2-7-8(14-4-13-7)3-6(5)9(10,11)12/h2-3H,4H2,1H3/q-1. The predicted octanol–water partition coefficient (Wildman–Crippen LogP) is 1.78. The van der Waals surface area contributed by atoms with E-state index in [0.717, 1.165) is 6.07 Å². The van der Waals surface area contributed by atoms with Gasteiger partial charge < -0.3 is 22.4 Å². The van der Waals surface area contributed by atoms with Crippen LogP contribution in [0.3, 0.4) is 0 Å². The molecule has 0 amide bonds. The highest BCUT2D eigenvalue weighted by atomic mass is 19.4. The minimum absolute atomic E-state index is 0.0108. The van der Waals surface area contributed by atoms with Gasteiger partial charge >= 0.3 is 6.98 Å². The first-order valence-electron chi connectivity index (χ1n) is 4.08. The van der Waals surface area contributed by atoms with Crippen molar-refractivity contribution in [2.75, 3.05) is 6.79 Å². The molecule has 0 aliphatic carbocycles. The first-order valence-corrected chi connectivity index (χ1v) is 4.08. The SMILES string of the molecule is Cc1cc2c(cc1[B-](F)(F)F)OCO2. The second kappa shape index (κ2) is 2.83. The van der Waals surface area contributed by atoms with Crippen LogP contribution in [0.1, 0.15) is 5.56 Å². The van der Waals surface area contributed by atoms with Crippen LogP contribution in [0, 0.1) is 6.92 Å². The van der Waals surface area contributed by atoms with Crippen LogP contribution in [0.15, 0.2) is 12.1 Å². The predicted molar refractivity (Wildman–Crippen MR) is 46.0 cm³/mol. The van der Waals surface area contributed by atoms with Gasteiger partial charge in [0.05, 0.1) is 0 Å². The Morgan fingerprint density at radius 2 is 1.71 bits per heavy atom. The number of hydrogen-bond donors (Lipinski definition) is 0. The summed E-state index contributed by atoms with van der Waals surface area (Å²) in [5.74, 6) is 0.552. The third kappa shape index (κ3) is 1.40. The molecule has 0 atom stereocenters. The Bertz CT molecular complexity index is 376. The highest BCUT2D eigenvalue weighted by molar-refractivity contribution is 6.74. The quantitative estimate of drug-likeness (QED) is 0.647. The van der Waals surface area contributed by atoms with Gasteiger partial charge in [0.25, 0.3) is 0 Å². The van der Waals surface area contributed by atoms with Crippen molar-refractivity contribution in [2.45, 2.75) is 6.92 Å².